The van der Waals surface area contributed by atoms with Gasteiger partial charge >= 0.3 is 12.2 Å². The van der Waals surface area contributed by atoms with Gasteiger partial charge < -0.3 is 15.0 Å². The highest BCUT2D eigenvalue weighted by atomic mass is 19.4. The average Bonchev–Trinajstić information content (AvgIpc) is 3.47. The standard InChI is InChI=1S/C28H28F5N7O/c29-17-12-27(7-3-10-40(27)14-17)16-41-26-37-24-20(25(38-26)39-11-9-35-18(15-39)6-8-34)13-36-23(22(24)30)19-4-1-2-5-21(19)28(31,32)33/h1-2,4-5,13,17-18,35H,3,6-7,9-12,14-16H2/t17?,18-,27-/m0/s1. The van der Waals surface area contributed by atoms with Crippen LogP contribution in [0.5, 0.6) is 6.01 Å². The van der Waals surface area contributed by atoms with Crippen molar-refractivity contribution in [2.75, 3.05) is 44.2 Å². The number of benzene rings is 1. The van der Waals surface area contributed by atoms with Crippen LogP contribution in [0.25, 0.3) is 22.2 Å². The van der Waals surface area contributed by atoms with Crippen LogP contribution in [0.1, 0.15) is 31.2 Å². The van der Waals surface area contributed by atoms with Crippen molar-refractivity contribution in [2.45, 2.75) is 49.6 Å². The number of ether oxygens (including phenoxy) is 1. The highest BCUT2D eigenvalue weighted by molar-refractivity contribution is 5.92. The van der Waals surface area contributed by atoms with Gasteiger partial charge in [0, 0.05) is 50.4 Å². The molecular weight excluding hydrogens is 545 g/mol. The van der Waals surface area contributed by atoms with E-state index in [0.717, 1.165) is 25.5 Å². The second kappa shape index (κ2) is 10.6. The number of hydrogen-bond acceptors (Lipinski definition) is 8. The molecule has 0 radical (unpaired) electrons. The Balaban J connectivity index is 1.44. The molecule has 0 amide bonds. The molecule has 3 saturated heterocycles. The maximum atomic E-state index is 16.1. The Hall–Kier alpha value is -3.63. The molecule has 6 rings (SSSR count). The largest absolute Gasteiger partial charge is 0.461 e. The van der Waals surface area contributed by atoms with E-state index < -0.39 is 40.5 Å². The van der Waals surface area contributed by atoms with E-state index in [4.69, 9.17) is 4.74 Å². The van der Waals surface area contributed by atoms with Gasteiger partial charge in [0.2, 0.25) is 0 Å². The third-order valence-electron chi connectivity index (χ3n) is 8.25. The molecule has 3 aliphatic rings. The van der Waals surface area contributed by atoms with Crippen LogP contribution in [0, 0.1) is 17.1 Å². The van der Waals surface area contributed by atoms with Crippen LogP contribution in [0.2, 0.25) is 0 Å². The minimum atomic E-state index is -4.72. The third-order valence-corrected chi connectivity index (χ3v) is 8.25. The predicted octanol–water partition coefficient (Wildman–Crippen LogP) is 4.50. The Kier molecular flexibility index (Phi) is 7.15. The smallest absolute Gasteiger partial charge is 0.417 e. The molecule has 3 fully saturated rings. The minimum Gasteiger partial charge on any atom is -0.461 e. The predicted molar refractivity (Wildman–Crippen MR) is 141 cm³/mol. The van der Waals surface area contributed by atoms with Crippen LogP contribution in [-0.2, 0) is 6.18 Å². The number of alkyl halides is 4. The summed E-state index contributed by atoms with van der Waals surface area (Å²) in [7, 11) is 0. The highest BCUT2D eigenvalue weighted by Gasteiger charge is 2.49. The summed E-state index contributed by atoms with van der Waals surface area (Å²) < 4.78 is 77.8. The number of piperazine rings is 1. The maximum absolute atomic E-state index is 16.1. The molecule has 0 aliphatic carbocycles. The minimum absolute atomic E-state index is 0.105. The molecule has 216 valence electrons. The topological polar surface area (TPSA) is 90.2 Å². The first-order valence-corrected chi connectivity index (χ1v) is 13.6. The average molecular weight is 574 g/mol. The third kappa shape index (κ3) is 5.15. The van der Waals surface area contributed by atoms with Crippen LogP contribution in [-0.4, -0.2) is 76.9 Å². The van der Waals surface area contributed by atoms with Crippen LogP contribution in [0.15, 0.2) is 30.5 Å². The van der Waals surface area contributed by atoms with Crippen molar-refractivity contribution in [2.24, 2.45) is 0 Å². The molecule has 2 aromatic heterocycles. The number of nitrogens with zero attached hydrogens (tertiary/aromatic N) is 6. The zero-order chi connectivity index (χ0) is 28.8. The lowest BCUT2D eigenvalue weighted by Gasteiger charge is -2.34. The van der Waals surface area contributed by atoms with Crippen LogP contribution in [0.3, 0.4) is 0 Å². The van der Waals surface area contributed by atoms with Crippen LogP contribution in [0.4, 0.5) is 27.8 Å². The molecular formula is C28H28F5N7O. The number of halogens is 5. The molecule has 5 heterocycles. The highest BCUT2D eigenvalue weighted by Crippen LogP contribution is 2.41. The van der Waals surface area contributed by atoms with Gasteiger partial charge in [-0.15, -0.1) is 0 Å². The number of nitrogens with one attached hydrogen (secondary N) is 1. The summed E-state index contributed by atoms with van der Waals surface area (Å²) in [6.07, 6.45) is -2.19. The van der Waals surface area contributed by atoms with E-state index in [1.165, 1.54) is 24.4 Å². The molecule has 3 aliphatic heterocycles. The Bertz CT molecular complexity index is 1500. The zero-order valence-corrected chi connectivity index (χ0v) is 22.1. The van der Waals surface area contributed by atoms with Crippen molar-refractivity contribution >= 4 is 16.7 Å². The molecule has 41 heavy (non-hydrogen) atoms. The van der Waals surface area contributed by atoms with Gasteiger partial charge in [-0.3, -0.25) is 9.88 Å². The first-order valence-electron chi connectivity index (χ1n) is 13.6. The lowest BCUT2D eigenvalue weighted by Crippen LogP contribution is -2.51. The van der Waals surface area contributed by atoms with Crippen molar-refractivity contribution in [3.63, 3.8) is 0 Å². The number of rotatable bonds is 6. The first kappa shape index (κ1) is 27.5. The van der Waals surface area contributed by atoms with E-state index in [-0.39, 0.29) is 36.0 Å². The molecule has 1 aromatic carbocycles. The molecule has 0 bridgehead atoms. The second-order valence-corrected chi connectivity index (χ2v) is 10.9. The van der Waals surface area contributed by atoms with Crippen molar-refractivity contribution in [3.05, 3.63) is 41.8 Å². The van der Waals surface area contributed by atoms with E-state index >= 15 is 4.39 Å². The number of aromatic nitrogens is 3. The van der Waals surface area contributed by atoms with Gasteiger partial charge in [0.05, 0.1) is 29.0 Å². The van der Waals surface area contributed by atoms with E-state index in [1.54, 1.807) is 0 Å². The van der Waals surface area contributed by atoms with Crippen molar-refractivity contribution in [3.8, 4) is 23.3 Å². The molecule has 1 unspecified atom stereocenters. The molecule has 0 saturated carbocycles. The molecule has 13 heteroatoms. The van der Waals surface area contributed by atoms with Crippen molar-refractivity contribution in [1.29, 1.82) is 5.26 Å². The van der Waals surface area contributed by atoms with Gasteiger partial charge in [0.1, 0.15) is 29.8 Å². The molecule has 1 N–H and O–H groups in total. The van der Waals surface area contributed by atoms with Gasteiger partial charge in [-0.05, 0) is 25.5 Å². The SMILES string of the molecule is N#CC[C@H]1CN(c2nc(OC[C@@]34CCCN3CC(F)C4)nc3c(F)c(-c4ccccc4C(F)(F)F)ncc23)CCN1. The first-order chi connectivity index (χ1) is 19.7. The van der Waals surface area contributed by atoms with Gasteiger partial charge in [-0.2, -0.15) is 28.4 Å². The number of pyridine rings is 1. The summed E-state index contributed by atoms with van der Waals surface area (Å²) in [5, 5.41) is 12.7. The maximum Gasteiger partial charge on any atom is 0.417 e. The summed E-state index contributed by atoms with van der Waals surface area (Å²) in [5.41, 5.74) is -2.63. The molecule has 0 spiro atoms. The number of hydrogen-bond donors (Lipinski definition) is 1. The Morgan fingerprint density at radius 1 is 1.17 bits per heavy atom. The summed E-state index contributed by atoms with van der Waals surface area (Å²) in [5.74, 6) is -0.714. The Morgan fingerprint density at radius 2 is 2.00 bits per heavy atom. The monoisotopic (exact) mass is 573 g/mol. The summed E-state index contributed by atoms with van der Waals surface area (Å²) in [4.78, 5) is 17.0. The van der Waals surface area contributed by atoms with E-state index in [2.05, 4.69) is 31.2 Å². The lowest BCUT2D eigenvalue weighted by atomic mass is 9.95. The quantitative estimate of drug-likeness (QED) is 0.432. The molecule has 3 atom stereocenters. The number of fused-ring (bicyclic) bond motifs is 2. The van der Waals surface area contributed by atoms with E-state index in [0.29, 0.717) is 38.4 Å². The zero-order valence-electron chi connectivity index (χ0n) is 22.1. The summed E-state index contributed by atoms with van der Waals surface area (Å²) in [6.45, 7) is 2.60. The van der Waals surface area contributed by atoms with Crippen molar-refractivity contribution in [1.82, 2.24) is 25.2 Å². The molecule has 3 aromatic rings. The van der Waals surface area contributed by atoms with Gasteiger partial charge in [-0.25, -0.2) is 8.78 Å². The van der Waals surface area contributed by atoms with Gasteiger partial charge in [-0.1, -0.05) is 18.2 Å². The summed E-state index contributed by atoms with van der Waals surface area (Å²) in [6, 6.07) is 6.50. The number of nitriles is 1. The van der Waals surface area contributed by atoms with Crippen LogP contribution >= 0.6 is 0 Å². The summed E-state index contributed by atoms with van der Waals surface area (Å²) >= 11 is 0. The van der Waals surface area contributed by atoms with Crippen molar-refractivity contribution < 1.29 is 26.7 Å². The van der Waals surface area contributed by atoms with Crippen LogP contribution < -0.4 is 15.0 Å². The molecule has 8 nitrogen and oxygen atoms in total. The van der Waals surface area contributed by atoms with E-state index in [1.807, 2.05) is 4.90 Å². The normalized spacial score (nSPS) is 24.9. The fourth-order valence-corrected chi connectivity index (χ4v) is 6.36. The van der Waals surface area contributed by atoms with Gasteiger partial charge in [0.15, 0.2) is 5.82 Å². The number of anilines is 1. The van der Waals surface area contributed by atoms with Gasteiger partial charge in [0.25, 0.3) is 0 Å². The fraction of sp³-hybridized carbons (Fsp3) is 0.500. The Morgan fingerprint density at radius 3 is 2.80 bits per heavy atom. The second-order valence-electron chi connectivity index (χ2n) is 10.9. The van der Waals surface area contributed by atoms with E-state index in [9.17, 15) is 22.8 Å². The Labute approximate surface area is 233 Å². The fourth-order valence-electron chi connectivity index (χ4n) is 6.36. The lowest BCUT2D eigenvalue weighted by molar-refractivity contribution is -0.137.